The summed E-state index contributed by atoms with van der Waals surface area (Å²) < 4.78 is 18.6. The van der Waals surface area contributed by atoms with Crippen LogP contribution in [-0.4, -0.2) is 49.7 Å². The molecule has 6 rings (SSSR count). The largest absolute Gasteiger partial charge is 0.324 e. The number of fused-ring (bicyclic) bond motifs is 1. The molecule has 4 aromatic rings. The van der Waals surface area contributed by atoms with E-state index >= 15 is 0 Å². The van der Waals surface area contributed by atoms with Crippen LogP contribution in [0.5, 0.6) is 0 Å². The fraction of sp³-hybridized carbons (Fsp3) is 0.321. The van der Waals surface area contributed by atoms with Gasteiger partial charge in [0.05, 0.1) is 17.4 Å². The van der Waals surface area contributed by atoms with Crippen molar-refractivity contribution in [2.24, 2.45) is 4.36 Å². The van der Waals surface area contributed by atoms with Crippen LogP contribution in [0.15, 0.2) is 53.2 Å². The van der Waals surface area contributed by atoms with Crippen LogP contribution in [0, 0.1) is 11.3 Å². The molecule has 0 fully saturated rings. The quantitative estimate of drug-likeness (QED) is 0.401. The maximum absolute atomic E-state index is 12.3. The third-order valence-electron chi connectivity index (χ3n) is 7.13. The van der Waals surface area contributed by atoms with Gasteiger partial charge in [-0.25, -0.2) is 9.19 Å². The summed E-state index contributed by atoms with van der Waals surface area (Å²) in [6.07, 6.45) is 10.2. The molecule has 1 N–H and O–H groups in total. The van der Waals surface area contributed by atoms with E-state index in [4.69, 9.17) is 4.98 Å². The standard InChI is InChI=1S/C28H29N7OS/c1-34-16-19-7-4-6-18-12-22(13-20(17-34)26(18)19)31-28-30-15-21(14-29)27(32-28)35-11-10-23-24(33-37(2,3)36)8-5-9-25(23)35/h5,8-13,15,19H,4,6-7,16-17H2,1-3H3,(H,30,31,32). The molecule has 0 saturated heterocycles. The van der Waals surface area contributed by atoms with Gasteiger partial charge in [0.15, 0.2) is 5.82 Å². The number of rotatable bonds is 4. The molecule has 2 aliphatic rings. The van der Waals surface area contributed by atoms with E-state index in [0.29, 0.717) is 28.9 Å². The second-order valence-electron chi connectivity index (χ2n) is 10.3. The van der Waals surface area contributed by atoms with E-state index in [1.165, 1.54) is 24.0 Å². The van der Waals surface area contributed by atoms with Crippen molar-refractivity contribution in [1.29, 1.82) is 5.26 Å². The van der Waals surface area contributed by atoms with E-state index in [0.717, 1.165) is 36.1 Å². The van der Waals surface area contributed by atoms with E-state index in [1.54, 1.807) is 24.3 Å². The number of hydrogen-bond donors (Lipinski definition) is 1. The van der Waals surface area contributed by atoms with E-state index < -0.39 is 9.73 Å². The Morgan fingerprint density at radius 3 is 2.86 bits per heavy atom. The lowest BCUT2D eigenvalue weighted by atomic mass is 9.77. The first-order valence-corrected chi connectivity index (χ1v) is 14.8. The van der Waals surface area contributed by atoms with E-state index in [2.05, 4.69) is 44.8 Å². The predicted octanol–water partition coefficient (Wildman–Crippen LogP) is 5.26. The first-order chi connectivity index (χ1) is 17.8. The van der Waals surface area contributed by atoms with E-state index in [9.17, 15) is 9.47 Å². The monoisotopic (exact) mass is 511 g/mol. The minimum atomic E-state index is -2.32. The highest BCUT2D eigenvalue weighted by atomic mass is 32.2. The molecule has 2 aromatic heterocycles. The molecule has 0 radical (unpaired) electrons. The van der Waals surface area contributed by atoms with Crippen molar-refractivity contribution in [2.45, 2.75) is 31.7 Å². The fourth-order valence-corrected chi connectivity index (χ4v) is 6.42. The first-order valence-electron chi connectivity index (χ1n) is 12.4. The number of aromatic nitrogens is 3. The van der Waals surface area contributed by atoms with Gasteiger partial charge in [-0.3, -0.25) is 4.57 Å². The van der Waals surface area contributed by atoms with Crippen LogP contribution in [0.4, 0.5) is 17.3 Å². The van der Waals surface area contributed by atoms with Crippen LogP contribution in [0.25, 0.3) is 16.7 Å². The van der Waals surface area contributed by atoms with Crippen molar-refractivity contribution < 1.29 is 4.21 Å². The third-order valence-corrected chi connectivity index (χ3v) is 7.77. The van der Waals surface area contributed by atoms with E-state index in [-0.39, 0.29) is 0 Å². The summed E-state index contributed by atoms with van der Waals surface area (Å²) in [5.74, 6) is 1.54. The molecule has 1 atom stereocenters. The Morgan fingerprint density at radius 1 is 1.22 bits per heavy atom. The zero-order chi connectivity index (χ0) is 25.7. The average molecular weight is 512 g/mol. The SMILES string of the molecule is CN1Cc2cc(Nc3ncc(C#N)c(-n4ccc5c(N=S(C)(C)=O)cccc54)n3)cc3c2C(CCC3)C1. The minimum Gasteiger partial charge on any atom is -0.324 e. The molecule has 0 saturated carbocycles. The van der Waals surface area contributed by atoms with Crippen molar-refractivity contribution in [1.82, 2.24) is 19.4 Å². The van der Waals surface area contributed by atoms with Crippen LogP contribution >= 0.6 is 0 Å². The van der Waals surface area contributed by atoms with Crippen molar-refractivity contribution in [3.63, 3.8) is 0 Å². The average Bonchev–Trinajstić information content (AvgIpc) is 3.28. The van der Waals surface area contributed by atoms with Gasteiger partial charge in [-0.15, -0.1) is 0 Å². The van der Waals surface area contributed by atoms with Gasteiger partial charge in [0.2, 0.25) is 5.95 Å². The summed E-state index contributed by atoms with van der Waals surface area (Å²) in [6, 6.07) is 14.3. The lowest BCUT2D eigenvalue weighted by molar-refractivity contribution is 0.266. The summed E-state index contributed by atoms with van der Waals surface area (Å²) in [5, 5.41) is 14.1. The molecule has 9 heteroatoms. The van der Waals surface area contributed by atoms with Crippen molar-refractivity contribution in [3.8, 4) is 11.9 Å². The molecule has 0 bridgehead atoms. The van der Waals surface area contributed by atoms with Gasteiger partial charge in [0.1, 0.15) is 11.6 Å². The minimum absolute atomic E-state index is 0.366. The summed E-state index contributed by atoms with van der Waals surface area (Å²) in [6.45, 7) is 2.07. The topological polar surface area (TPSA) is 99.2 Å². The second-order valence-corrected chi connectivity index (χ2v) is 12.9. The predicted molar refractivity (Wildman–Crippen MR) is 147 cm³/mol. The number of benzene rings is 2. The Hall–Kier alpha value is -3.74. The van der Waals surface area contributed by atoms with Gasteiger partial charge >= 0.3 is 0 Å². The second kappa shape index (κ2) is 8.98. The third kappa shape index (κ3) is 4.47. The molecule has 0 spiro atoms. The van der Waals surface area contributed by atoms with Gasteiger partial charge in [0.25, 0.3) is 0 Å². The van der Waals surface area contributed by atoms with Crippen LogP contribution in [0.3, 0.4) is 0 Å². The molecule has 188 valence electrons. The van der Waals surface area contributed by atoms with Crippen LogP contribution in [0.2, 0.25) is 0 Å². The Labute approximate surface area is 217 Å². The lowest BCUT2D eigenvalue weighted by Gasteiger charge is -2.37. The van der Waals surface area contributed by atoms with Gasteiger partial charge < -0.3 is 10.2 Å². The number of nitriles is 1. The Morgan fingerprint density at radius 2 is 2.05 bits per heavy atom. The molecule has 1 unspecified atom stereocenters. The Balaban J connectivity index is 1.41. The number of nitrogens with zero attached hydrogens (tertiary/aromatic N) is 6. The van der Waals surface area contributed by atoms with Crippen molar-refractivity contribution >= 4 is 38.0 Å². The zero-order valence-corrected chi connectivity index (χ0v) is 22.0. The summed E-state index contributed by atoms with van der Waals surface area (Å²) in [7, 11) is -0.131. The van der Waals surface area contributed by atoms with Crippen LogP contribution in [0.1, 0.15) is 41.0 Å². The zero-order valence-electron chi connectivity index (χ0n) is 21.2. The number of nitrogens with one attached hydrogen (secondary N) is 1. The first kappa shape index (κ1) is 23.6. The molecule has 1 aliphatic carbocycles. The highest BCUT2D eigenvalue weighted by molar-refractivity contribution is 7.92. The summed E-state index contributed by atoms with van der Waals surface area (Å²) in [4.78, 5) is 11.6. The smallest absolute Gasteiger partial charge is 0.229 e. The Bertz CT molecular complexity index is 1700. The normalized spacial score (nSPS) is 17.3. The number of hydrogen-bond acceptors (Lipinski definition) is 7. The van der Waals surface area contributed by atoms with Crippen LogP contribution < -0.4 is 5.32 Å². The van der Waals surface area contributed by atoms with Gasteiger partial charge in [0, 0.05) is 52.6 Å². The van der Waals surface area contributed by atoms with Gasteiger partial charge in [-0.2, -0.15) is 14.6 Å². The van der Waals surface area contributed by atoms with E-state index in [1.807, 2.05) is 35.0 Å². The molecular formula is C28H29N7OS. The number of likely N-dealkylation sites (N-methyl/N-ethyl adjacent to an activating group) is 1. The molecule has 3 heterocycles. The summed E-state index contributed by atoms with van der Waals surface area (Å²) in [5.41, 5.74) is 7.17. The summed E-state index contributed by atoms with van der Waals surface area (Å²) >= 11 is 0. The number of anilines is 2. The number of aryl methyl sites for hydroxylation is 1. The molecule has 8 nitrogen and oxygen atoms in total. The van der Waals surface area contributed by atoms with Crippen LogP contribution in [-0.2, 0) is 22.7 Å². The van der Waals surface area contributed by atoms with Gasteiger partial charge in [-0.1, -0.05) is 6.07 Å². The molecular weight excluding hydrogens is 482 g/mol. The van der Waals surface area contributed by atoms with Gasteiger partial charge in [-0.05, 0) is 79.3 Å². The molecule has 2 aromatic carbocycles. The highest BCUT2D eigenvalue weighted by Crippen LogP contribution is 2.40. The molecule has 37 heavy (non-hydrogen) atoms. The molecule has 0 amide bonds. The molecule has 1 aliphatic heterocycles. The fourth-order valence-electron chi connectivity index (χ4n) is 5.79. The van der Waals surface area contributed by atoms with Crippen molar-refractivity contribution in [3.05, 3.63) is 71.0 Å². The highest BCUT2D eigenvalue weighted by Gasteiger charge is 2.29. The van der Waals surface area contributed by atoms with Crippen molar-refractivity contribution in [2.75, 3.05) is 31.4 Å². The lowest BCUT2D eigenvalue weighted by Crippen LogP contribution is -2.33. The maximum atomic E-state index is 12.3. The Kier molecular flexibility index (Phi) is 5.74. The maximum Gasteiger partial charge on any atom is 0.229 e.